The van der Waals surface area contributed by atoms with E-state index >= 15 is 0 Å². The van der Waals surface area contributed by atoms with Crippen LogP contribution in [-0.2, 0) is 7.05 Å². The molecule has 6 heteroatoms. The molecular formula is C16H18N4O2. The zero-order chi connectivity index (χ0) is 16.0. The van der Waals surface area contributed by atoms with Crippen LogP contribution in [0, 0.1) is 6.92 Å². The molecule has 0 atom stereocenters. The van der Waals surface area contributed by atoms with Crippen molar-refractivity contribution in [1.29, 1.82) is 0 Å². The zero-order valence-corrected chi connectivity index (χ0v) is 13.0. The number of hydrogen-bond acceptors (Lipinski definition) is 3. The van der Waals surface area contributed by atoms with E-state index in [1.807, 2.05) is 50.6 Å². The van der Waals surface area contributed by atoms with Gasteiger partial charge in [-0.25, -0.2) is 9.78 Å². The lowest BCUT2D eigenvalue weighted by Gasteiger charge is -2.07. The topological polar surface area (TPSA) is 72.9 Å². The summed E-state index contributed by atoms with van der Waals surface area (Å²) in [7, 11) is 1.97. The van der Waals surface area contributed by atoms with E-state index in [1.54, 1.807) is 6.07 Å². The van der Waals surface area contributed by atoms with Crippen molar-refractivity contribution in [3.63, 3.8) is 0 Å². The van der Waals surface area contributed by atoms with Gasteiger partial charge < -0.3 is 9.67 Å². The number of carboxylic acid groups (broad SMARTS) is 1. The number of carboxylic acids is 1. The minimum Gasteiger partial charge on any atom is -0.477 e. The first kappa shape index (κ1) is 14.3. The molecule has 3 aromatic rings. The van der Waals surface area contributed by atoms with Crippen molar-refractivity contribution in [3.8, 4) is 11.3 Å². The van der Waals surface area contributed by atoms with Crippen molar-refractivity contribution in [2.24, 2.45) is 7.05 Å². The SMILES string of the molecule is Cc1nc2cc(-c3cc(C(=O)O)n(C(C)C)n3)ccc2n1C. The smallest absolute Gasteiger partial charge is 0.354 e. The summed E-state index contributed by atoms with van der Waals surface area (Å²) in [5.41, 5.74) is 3.64. The van der Waals surface area contributed by atoms with Crippen LogP contribution in [0.25, 0.3) is 22.3 Å². The van der Waals surface area contributed by atoms with Crippen LogP contribution in [0.1, 0.15) is 36.2 Å². The Hall–Kier alpha value is -2.63. The van der Waals surface area contributed by atoms with Crippen LogP contribution in [0.3, 0.4) is 0 Å². The Morgan fingerprint density at radius 3 is 2.59 bits per heavy atom. The van der Waals surface area contributed by atoms with Crippen molar-refractivity contribution in [3.05, 3.63) is 35.8 Å². The summed E-state index contributed by atoms with van der Waals surface area (Å²) in [5, 5.41) is 13.7. The molecule has 22 heavy (non-hydrogen) atoms. The standard InChI is InChI=1S/C16H18N4O2/c1-9(2)20-15(16(21)22)8-12(18-20)11-5-6-14-13(7-11)17-10(3)19(14)4/h5-9H,1-4H3,(H,21,22). The number of carbonyl (C=O) groups is 1. The average Bonchev–Trinajstić information content (AvgIpc) is 3.02. The van der Waals surface area contributed by atoms with Gasteiger partial charge in [0.05, 0.1) is 16.7 Å². The molecule has 0 fully saturated rings. The molecule has 0 bridgehead atoms. The molecule has 2 aromatic heterocycles. The molecule has 0 saturated carbocycles. The molecule has 0 radical (unpaired) electrons. The normalized spacial score (nSPS) is 11.5. The number of rotatable bonds is 3. The molecule has 0 spiro atoms. The van der Waals surface area contributed by atoms with E-state index < -0.39 is 5.97 Å². The maximum absolute atomic E-state index is 11.4. The first-order valence-electron chi connectivity index (χ1n) is 7.14. The lowest BCUT2D eigenvalue weighted by atomic mass is 10.1. The fourth-order valence-corrected chi connectivity index (χ4v) is 2.57. The Bertz CT molecular complexity index is 874. The molecule has 2 heterocycles. The molecule has 0 saturated heterocycles. The predicted octanol–water partition coefficient (Wildman–Crippen LogP) is 3.02. The Morgan fingerprint density at radius 2 is 2.00 bits per heavy atom. The highest BCUT2D eigenvalue weighted by atomic mass is 16.4. The lowest BCUT2D eigenvalue weighted by Crippen LogP contribution is -2.11. The van der Waals surface area contributed by atoms with Crippen LogP contribution in [-0.4, -0.2) is 30.4 Å². The van der Waals surface area contributed by atoms with E-state index in [2.05, 4.69) is 10.1 Å². The van der Waals surface area contributed by atoms with Crippen molar-refractivity contribution < 1.29 is 9.90 Å². The van der Waals surface area contributed by atoms with Crippen LogP contribution < -0.4 is 0 Å². The van der Waals surface area contributed by atoms with Gasteiger partial charge in [-0.05, 0) is 39.0 Å². The van der Waals surface area contributed by atoms with E-state index in [1.165, 1.54) is 4.68 Å². The molecule has 0 unspecified atom stereocenters. The van der Waals surface area contributed by atoms with E-state index in [4.69, 9.17) is 0 Å². The fourth-order valence-electron chi connectivity index (χ4n) is 2.57. The number of aryl methyl sites for hydroxylation is 2. The largest absolute Gasteiger partial charge is 0.477 e. The number of nitrogens with zero attached hydrogens (tertiary/aromatic N) is 4. The van der Waals surface area contributed by atoms with E-state index in [-0.39, 0.29) is 11.7 Å². The molecule has 6 nitrogen and oxygen atoms in total. The quantitative estimate of drug-likeness (QED) is 0.806. The molecule has 0 amide bonds. The number of aromatic nitrogens is 4. The highest BCUT2D eigenvalue weighted by molar-refractivity contribution is 5.88. The molecule has 3 rings (SSSR count). The van der Waals surface area contributed by atoms with Gasteiger partial charge in [-0.1, -0.05) is 6.07 Å². The van der Waals surface area contributed by atoms with Gasteiger partial charge in [0.1, 0.15) is 11.5 Å². The maximum atomic E-state index is 11.4. The van der Waals surface area contributed by atoms with Gasteiger partial charge in [0, 0.05) is 18.7 Å². The third-order valence-electron chi connectivity index (χ3n) is 3.84. The molecule has 0 aliphatic carbocycles. The predicted molar refractivity (Wildman–Crippen MR) is 84.0 cm³/mol. The summed E-state index contributed by atoms with van der Waals surface area (Å²) in [6.45, 7) is 5.78. The number of benzene rings is 1. The monoisotopic (exact) mass is 298 g/mol. The number of fused-ring (bicyclic) bond motifs is 1. The Labute approximate surface area is 128 Å². The van der Waals surface area contributed by atoms with Crippen LogP contribution in [0.5, 0.6) is 0 Å². The summed E-state index contributed by atoms with van der Waals surface area (Å²) in [4.78, 5) is 15.9. The van der Waals surface area contributed by atoms with Crippen molar-refractivity contribution in [1.82, 2.24) is 19.3 Å². The van der Waals surface area contributed by atoms with E-state index in [0.717, 1.165) is 22.4 Å². The number of aromatic carboxylic acids is 1. The fraction of sp³-hybridized carbons (Fsp3) is 0.312. The van der Waals surface area contributed by atoms with Gasteiger partial charge in [-0.15, -0.1) is 0 Å². The maximum Gasteiger partial charge on any atom is 0.354 e. The van der Waals surface area contributed by atoms with Crippen LogP contribution in [0.4, 0.5) is 0 Å². The average molecular weight is 298 g/mol. The van der Waals surface area contributed by atoms with Crippen LogP contribution in [0.15, 0.2) is 24.3 Å². The summed E-state index contributed by atoms with van der Waals surface area (Å²) in [6, 6.07) is 7.47. The van der Waals surface area contributed by atoms with Crippen LogP contribution >= 0.6 is 0 Å². The second-order valence-corrected chi connectivity index (χ2v) is 5.68. The van der Waals surface area contributed by atoms with Crippen molar-refractivity contribution in [2.75, 3.05) is 0 Å². The molecular weight excluding hydrogens is 280 g/mol. The second-order valence-electron chi connectivity index (χ2n) is 5.68. The van der Waals surface area contributed by atoms with Gasteiger partial charge in [0.2, 0.25) is 0 Å². The third kappa shape index (κ3) is 2.16. The van der Waals surface area contributed by atoms with E-state index in [0.29, 0.717) is 5.69 Å². The highest BCUT2D eigenvalue weighted by Crippen LogP contribution is 2.25. The van der Waals surface area contributed by atoms with Crippen LogP contribution in [0.2, 0.25) is 0 Å². The second kappa shape index (κ2) is 4.98. The molecule has 0 aliphatic heterocycles. The summed E-state index contributed by atoms with van der Waals surface area (Å²) >= 11 is 0. The Balaban J connectivity index is 2.15. The molecule has 0 aliphatic rings. The molecule has 1 aromatic carbocycles. The Kier molecular flexibility index (Phi) is 3.24. The Morgan fingerprint density at radius 1 is 1.27 bits per heavy atom. The van der Waals surface area contributed by atoms with Gasteiger partial charge in [0.15, 0.2) is 0 Å². The van der Waals surface area contributed by atoms with Gasteiger partial charge >= 0.3 is 5.97 Å². The molecule has 1 N–H and O–H groups in total. The minimum absolute atomic E-state index is 0.0133. The van der Waals surface area contributed by atoms with Gasteiger partial charge in [0.25, 0.3) is 0 Å². The number of imidazole rings is 1. The first-order chi connectivity index (χ1) is 10.4. The van der Waals surface area contributed by atoms with E-state index in [9.17, 15) is 9.90 Å². The third-order valence-corrected chi connectivity index (χ3v) is 3.84. The minimum atomic E-state index is -0.970. The summed E-state index contributed by atoms with van der Waals surface area (Å²) in [5.74, 6) is -0.0340. The van der Waals surface area contributed by atoms with Gasteiger partial charge in [-0.3, -0.25) is 4.68 Å². The lowest BCUT2D eigenvalue weighted by molar-refractivity contribution is 0.0681. The first-order valence-corrected chi connectivity index (χ1v) is 7.14. The number of hydrogen-bond donors (Lipinski definition) is 1. The van der Waals surface area contributed by atoms with Crippen molar-refractivity contribution in [2.45, 2.75) is 26.8 Å². The summed E-state index contributed by atoms with van der Waals surface area (Å²) < 4.78 is 3.56. The highest BCUT2D eigenvalue weighted by Gasteiger charge is 2.17. The molecule has 114 valence electrons. The zero-order valence-electron chi connectivity index (χ0n) is 13.0. The summed E-state index contributed by atoms with van der Waals surface area (Å²) in [6.07, 6.45) is 0. The van der Waals surface area contributed by atoms with Gasteiger partial charge in [-0.2, -0.15) is 5.10 Å². The van der Waals surface area contributed by atoms with Crippen molar-refractivity contribution >= 4 is 17.0 Å².